The van der Waals surface area contributed by atoms with Gasteiger partial charge in [0, 0.05) is 19.3 Å². The quantitative estimate of drug-likeness (QED) is 0.683. The van der Waals surface area contributed by atoms with Crippen LogP contribution in [0.5, 0.6) is 0 Å². The van der Waals surface area contributed by atoms with Gasteiger partial charge in [-0.1, -0.05) is 13.8 Å². The molecule has 3 N–H and O–H groups in total. The molecule has 0 fully saturated rings. The summed E-state index contributed by atoms with van der Waals surface area (Å²) in [5.41, 5.74) is -0.637. The van der Waals surface area contributed by atoms with E-state index in [0.717, 1.165) is 0 Å². The van der Waals surface area contributed by atoms with Gasteiger partial charge in [0.25, 0.3) is 5.91 Å². The molecule has 1 aromatic rings. The van der Waals surface area contributed by atoms with Crippen molar-refractivity contribution in [2.24, 2.45) is 0 Å². The number of aromatic nitrogens is 1. The summed E-state index contributed by atoms with van der Waals surface area (Å²) in [7, 11) is -3.59. The average molecular weight is 317 g/mol. The van der Waals surface area contributed by atoms with Crippen molar-refractivity contribution in [2.75, 3.05) is 19.7 Å². The van der Waals surface area contributed by atoms with E-state index in [-0.39, 0.29) is 17.2 Å². The first-order chi connectivity index (χ1) is 9.67. The second-order valence-corrected chi connectivity index (χ2v) is 7.27. The fourth-order valence-electron chi connectivity index (χ4n) is 1.78. The van der Waals surface area contributed by atoms with Gasteiger partial charge in [0.15, 0.2) is 0 Å². The first-order valence-electron chi connectivity index (χ1n) is 6.80. The van der Waals surface area contributed by atoms with Gasteiger partial charge in [-0.15, -0.1) is 0 Å². The van der Waals surface area contributed by atoms with Crippen LogP contribution in [0.1, 0.15) is 38.2 Å². The maximum atomic E-state index is 12.3. The molecule has 1 heterocycles. The maximum absolute atomic E-state index is 12.3. The van der Waals surface area contributed by atoms with E-state index in [1.165, 1.54) is 16.6 Å². The van der Waals surface area contributed by atoms with Gasteiger partial charge in [0.1, 0.15) is 10.6 Å². The van der Waals surface area contributed by atoms with Gasteiger partial charge in [-0.25, -0.2) is 8.42 Å². The van der Waals surface area contributed by atoms with Crippen LogP contribution in [-0.2, 0) is 10.0 Å². The molecule has 0 radical (unpaired) electrons. The van der Waals surface area contributed by atoms with Crippen LogP contribution in [0.4, 0.5) is 0 Å². The number of hydrogen-bond donors (Lipinski definition) is 3. The van der Waals surface area contributed by atoms with Crippen molar-refractivity contribution in [3.8, 4) is 0 Å². The first kappa shape index (κ1) is 17.7. The van der Waals surface area contributed by atoms with Crippen LogP contribution in [0.15, 0.2) is 17.2 Å². The van der Waals surface area contributed by atoms with Crippen molar-refractivity contribution in [3.05, 3.63) is 18.0 Å². The number of H-pyrrole nitrogens is 1. The zero-order valence-electron chi connectivity index (χ0n) is 12.8. The summed E-state index contributed by atoms with van der Waals surface area (Å²) >= 11 is 0. The van der Waals surface area contributed by atoms with Gasteiger partial charge in [-0.05, 0) is 19.9 Å². The molecule has 8 heteroatoms. The van der Waals surface area contributed by atoms with Gasteiger partial charge >= 0.3 is 0 Å². The average Bonchev–Trinajstić information content (AvgIpc) is 2.89. The fourth-order valence-corrected chi connectivity index (χ4v) is 3.23. The highest BCUT2D eigenvalue weighted by atomic mass is 32.2. The molecular formula is C13H23N3O4S. The smallest absolute Gasteiger partial charge is 0.268 e. The monoisotopic (exact) mass is 317 g/mol. The largest absolute Gasteiger partial charge is 0.394 e. The standard InChI is InChI=1S/C13H23N3O4S/c1-5-16(6-2)21(19,20)10-7-11(14-8-10)12(18)15-13(3,4)9-17/h7-8,14,17H,5-6,9H2,1-4H3,(H,15,18). The molecule has 0 atom stereocenters. The molecule has 1 rings (SSSR count). The molecule has 0 aromatic carbocycles. The van der Waals surface area contributed by atoms with Crippen LogP contribution >= 0.6 is 0 Å². The Morgan fingerprint density at radius 3 is 2.43 bits per heavy atom. The summed E-state index contributed by atoms with van der Waals surface area (Å²) < 4.78 is 25.9. The van der Waals surface area contributed by atoms with Crippen molar-refractivity contribution in [2.45, 2.75) is 38.1 Å². The highest BCUT2D eigenvalue weighted by molar-refractivity contribution is 7.89. The molecule has 21 heavy (non-hydrogen) atoms. The summed E-state index contributed by atoms with van der Waals surface area (Å²) in [6, 6.07) is 1.30. The Hall–Kier alpha value is -1.38. The number of aliphatic hydroxyl groups excluding tert-OH is 1. The SMILES string of the molecule is CCN(CC)S(=O)(=O)c1c[nH]c(C(=O)NC(C)(C)CO)c1. The van der Waals surface area contributed by atoms with E-state index in [0.29, 0.717) is 13.1 Å². The molecule has 0 saturated carbocycles. The van der Waals surface area contributed by atoms with Gasteiger partial charge in [0.05, 0.1) is 12.1 Å². The van der Waals surface area contributed by atoms with E-state index >= 15 is 0 Å². The summed E-state index contributed by atoms with van der Waals surface area (Å²) in [6.07, 6.45) is 1.30. The van der Waals surface area contributed by atoms with E-state index in [1.54, 1.807) is 27.7 Å². The van der Waals surface area contributed by atoms with Crippen LogP contribution < -0.4 is 5.32 Å². The van der Waals surface area contributed by atoms with E-state index in [4.69, 9.17) is 5.11 Å². The molecule has 0 spiro atoms. The van der Waals surface area contributed by atoms with Crippen LogP contribution in [0, 0.1) is 0 Å². The molecule has 1 aromatic heterocycles. The number of nitrogens with one attached hydrogen (secondary N) is 2. The third-order valence-electron chi connectivity index (χ3n) is 3.09. The van der Waals surface area contributed by atoms with E-state index in [2.05, 4.69) is 10.3 Å². The molecule has 1 amide bonds. The molecule has 0 aliphatic carbocycles. The number of carbonyl (C=O) groups is 1. The minimum absolute atomic E-state index is 0.0538. The second kappa shape index (κ2) is 6.59. The van der Waals surface area contributed by atoms with Crippen molar-refractivity contribution >= 4 is 15.9 Å². The summed E-state index contributed by atoms with van der Waals surface area (Å²) in [6.45, 7) is 7.36. The van der Waals surface area contributed by atoms with Gasteiger partial charge in [-0.3, -0.25) is 4.79 Å². The lowest BCUT2D eigenvalue weighted by atomic mass is 10.1. The van der Waals surface area contributed by atoms with Crippen LogP contribution in [0.25, 0.3) is 0 Å². The highest BCUT2D eigenvalue weighted by Crippen LogP contribution is 2.17. The lowest BCUT2D eigenvalue weighted by molar-refractivity contribution is 0.0865. The van der Waals surface area contributed by atoms with E-state index in [9.17, 15) is 13.2 Å². The minimum Gasteiger partial charge on any atom is -0.394 e. The Morgan fingerprint density at radius 1 is 1.38 bits per heavy atom. The number of sulfonamides is 1. The van der Waals surface area contributed by atoms with Gasteiger partial charge in [-0.2, -0.15) is 4.31 Å². The third-order valence-corrected chi connectivity index (χ3v) is 5.12. The predicted molar refractivity (Wildman–Crippen MR) is 79.5 cm³/mol. The number of aliphatic hydroxyl groups is 1. The number of nitrogens with zero attached hydrogens (tertiary/aromatic N) is 1. The molecule has 120 valence electrons. The Kier molecular flexibility index (Phi) is 5.54. The van der Waals surface area contributed by atoms with Crippen LogP contribution in [-0.4, -0.2) is 54.0 Å². The molecule has 0 saturated heterocycles. The first-order valence-corrected chi connectivity index (χ1v) is 8.24. The Bertz CT molecular complexity index is 588. The van der Waals surface area contributed by atoms with Crippen molar-refractivity contribution < 1.29 is 18.3 Å². The van der Waals surface area contributed by atoms with Gasteiger partial charge < -0.3 is 15.4 Å². The molecule has 7 nitrogen and oxygen atoms in total. The minimum atomic E-state index is -3.59. The van der Waals surface area contributed by atoms with E-state index < -0.39 is 21.5 Å². The van der Waals surface area contributed by atoms with E-state index in [1.807, 2.05) is 0 Å². The number of hydrogen-bond acceptors (Lipinski definition) is 4. The number of rotatable bonds is 7. The summed E-state index contributed by atoms with van der Waals surface area (Å²) in [5, 5.41) is 11.7. The molecule has 0 bridgehead atoms. The van der Waals surface area contributed by atoms with Crippen molar-refractivity contribution in [1.82, 2.24) is 14.6 Å². The molecule has 0 unspecified atom stereocenters. The van der Waals surface area contributed by atoms with Crippen molar-refractivity contribution in [1.29, 1.82) is 0 Å². The normalized spacial score (nSPS) is 12.7. The maximum Gasteiger partial charge on any atom is 0.268 e. The Balaban J connectivity index is 2.99. The van der Waals surface area contributed by atoms with Crippen molar-refractivity contribution in [3.63, 3.8) is 0 Å². The van der Waals surface area contributed by atoms with Gasteiger partial charge in [0.2, 0.25) is 10.0 Å². The Labute approximate surface area is 125 Å². The third kappa shape index (κ3) is 4.05. The summed E-state index contributed by atoms with van der Waals surface area (Å²) in [5.74, 6) is -0.463. The number of aromatic amines is 1. The lowest BCUT2D eigenvalue weighted by Crippen LogP contribution is -2.46. The topological polar surface area (TPSA) is 103 Å². The second-order valence-electron chi connectivity index (χ2n) is 5.33. The number of carbonyl (C=O) groups excluding carboxylic acids is 1. The molecule has 0 aliphatic heterocycles. The van der Waals surface area contributed by atoms with Crippen LogP contribution in [0.2, 0.25) is 0 Å². The predicted octanol–water partition coefficient (Wildman–Crippen LogP) is 0.546. The fraction of sp³-hybridized carbons (Fsp3) is 0.615. The number of amides is 1. The molecule has 0 aliphatic rings. The zero-order valence-corrected chi connectivity index (χ0v) is 13.6. The lowest BCUT2D eigenvalue weighted by Gasteiger charge is -2.22. The molecular weight excluding hydrogens is 294 g/mol. The highest BCUT2D eigenvalue weighted by Gasteiger charge is 2.26. The zero-order chi connectivity index (χ0) is 16.3. The Morgan fingerprint density at radius 2 is 1.95 bits per heavy atom. The summed E-state index contributed by atoms with van der Waals surface area (Å²) in [4.78, 5) is 14.7. The van der Waals surface area contributed by atoms with Crippen LogP contribution in [0.3, 0.4) is 0 Å².